The highest BCUT2D eigenvalue weighted by atomic mass is 35.5. The molecule has 0 saturated carbocycles. The highest BCUT2D eigenvalue weighted by molar-refractivity contribution is 6.05. The molecule has 0 radical (unpaired) electrons. The first-order valence-electron chi connectivity index (χ1n) is 4.59. The molecule has 0 aliphatic rings. The molecule has 0 bridgehead atoms. The van der Waals surface area contributed by atoms with E-state index in [4.69, 9.17) is 10.2 Å². The summed E-state index contributed by atoms with van der Waals surface area (Å²) in [6.45, 7) is 0. The second kappa shape index (κ2) is 6.23. The maximum Gasteiger partial charge on any atom is 0.336 e. The molecule has 0 aromatic heterocycles. The van der Waals surface area contributed by atoms with Crippen LogP contribution >= 0.6 is 24.8 Å². The number of halogens is 2. The van der Waals surface area contributed by atoms with Crippen LogP contribution in [0.3, 0.4) is 0 Å². The summed E-state index contributed by atoms with van der Waals surface area (Å²) in [5.74, 6) is -2.13. The molecule has 6 heteroatoms. The molecule has 4 nitrogen and oxygen atoms in total. The summed E-state index contributed by atoms with van der Waals surface area (Å²) in [6.07, 6.45) is 0. The largest absolute Gasteiger partial charge is 0.478 e. The van der Waals surface area contributed by atoms with E-state index in [1.54, 1.807) is 18.2 Å². The van der Waals surface area contributed by atoms with Crippen LogP contribution in [0.5, 0.6) is 0 Å². The van der Waals surface area contributed by atoms with Crippen molar-refractivity contribution in [2.24, 2.45) is 0 Å². The van der Waals surface area contributed by atoms with Crippen molar-refractivity contribution in [3.8, 4) is 0 Å². The van der Waals surface area contributed by atoms with Crippen LogP contribution in [-0.2, 0) is 0 Å². The Bertz CT molecular complexity index is 596. The summed E-state index contributed by atoms with van der Waals surface area (Å²) in [4.78, 5) is 21.7. The second-order valence-electron chi connectivity index (χ2n) is 3.35. The van der Waals surface area contributed by atoms with Crippen molar-refractivity contribution in [1.29, 1.82) is 0 Å². The third-order valence-electron chi connectivity index (χ3n) is 2.36. The topological polar surface area (TPSA) is 74.6 Å². The molecule has 0 aliphatic carbocycles. The lowest BCUT2D eigenvalue weighted by molar-refractivity contribution is 0.0685. The molecule has 2 N–H and O–H groups in total. The Morgan fingerprint density at radius 1 is 0.889 bits per heavy atom. The summed E-state index contributed by atoms with van der Waals surface area (Å²) < 4.78 is 0. The number of hydrogen-bond acceptors (Lipinski definition) is 2. The molecule has 0 amide bonds. The average molecular weight is 289 g/mol. The van der Waals surface area contributed by atoms with Crippen molar-refractivity contribution >= 4 is 47.5 Å². The molecule has 0 unspecified atom stereocenters. The lowest BCUT2D eigenvalue weighted by atomic mass is 10.0. The van der Waals surface area contributed by atoms with Crippen LogP contribution in [0.15, 0.2) is 36.4 Å². The summed E-state index contributed by atoms with van der Waals surface area (Å²) in [5, 5.41) is 18.9. The van der Waals surface area contributed by atoms with E-state index in [9.17, 15) is 9.59 Å². The van der Waals surface area contributed by atoms with Gasteiger partial charge in [0.05, 0.1) is 11.1 Å². The van der Waals surface area contributed by atoms with Gasteiger partial charge in [-0.05, 0) is 29.0 Å². The van der Waals surface area contributed by atoms with Gasteiger partial charge in [0, 0.05) is 0 Å². The zero-order chi connectivity index (χ0) is 11.7. The van der Waals surface area contributed by atoms with Crippen molar-refractivity contribution in [2.75, 3.05) is 0 Å². The quantitative estimate of drug-likeness (QED) is 0.891. The van der Waals surface area contributed by atoms with E-state index in [0.717, 1.165) is 0 Å². The van der Waals surface area contributed by atoms with Crippen molar-refractivity contribution in [1.82, 2.24) is 0 Å². The Labute approximate surface area is 115 Å². The minimum atomic E-state index is -1.07. The van der Waals surface area contributed by atoms with Crippen LogP contribution in [0.25, 0.3) is 10.8 Å². The number of carboxylic acids is 2. The summed E-state index contributed by atoms with van der Waals surface area (Å²) >= 11 is 0. The van der Waals surface area contributed by atoms with E-state index in [1.165, 1.54) is 18.2 Å². The van der Waals surface area contributed by atoms with Crippen LogP contribution in [-0.4, -0.2) is 22.2 Å². The van der Waals surface area contributed by atoms with Crippen molar-refractivity contribution in [2.45, 2.75) is 0 Å². The molecule has 0 saturated heterocycles. The van der Waals surface area contributed by atoms with Gasteiger partial charge in [-0.15, -0.1) is 24.8 Å². The van der Waals surface area contributed by atoms with Gasteiger partial charge in [0.2, 0.25) is 0 Å². The number of carboxylic acid groups (broad SMARTS) is 2. The number of benzene rings is 2. The van der Waals surface area contributed by atoms with Gasteiger partial charge in [0.15, 0.2) is 0 Å². The van der Waals surface area contributed by atoms with E-state index in [0.29, 0.717) is 10.8 Å². The zero-order valence-corrected chi connectivity index (χ0v) is 10.6. The fourth-order valence-corrected chi connectivity index (χ4v) is 1.59. The molecular formula is C12H10Cl2O4. The Morgan fingerprint density at radius 3 is 2.11 bits per heavy atom. The number of carbonyl (C=O) groups is 2. The minimum Gasteiger partial charge on any atom is -0.478 e. The number of aromatic carboxylic acids is 2. The van der Waals surface area contributed by atoms with Crippen LogP contribution in [0, 0.1) is 0 Å². The van der Waals surface area contributed by atoms with Crippen molar-refractivity contribution in [3.63, 3.8) is 0 Å². The summed E-state index contributed by atoms with van der Waals surface area (Å²) in [7, 11) is 0. The third kappa shape index (κ3) is 2.91. The highest BCUT2D eigenvalue weighted by Crippen LogP contribution is 2.20. The van der Waals surface area contributed by atoms with Crippen LogP contribution in [0.4, 0.5) is 0 Å². The molecule has 0 atom stereocenters. The first-order chi connectivity index (χ1) is 7.59. The molecule has 2 aromatic carbocycles. The molecule has 0 spiro atoms. The molecule has 0 aliphatic heterocycles. The standard InChI is InChI=1S/C12H8O4.2ClH/c13-11(14)8-5-4-7-2-1-3-9(12(15)16)10(7)6-8;;/h1-6H,(H,13,14)(H,15,16);2*1H. The zero-order valence-electron chi connectivity index (χ0n) is 8.99. The summed E-state index contributed by atoms with van der Waals surface area (Å²) in [5.41, 5.74) is 0.196. The lowest BCUT2D eigenvalue weighted by Gasteiger charge is -2.03. The van der Waals surface area contributed by atoms with E-state index < -0.39 is 11.9 Å². The Balaban J connectivity index is 0.00000144. The normalized spacial score (nSPS) is 9.11. The minimum absolute atomic E-state index is 0. The fraction of sp³-hybridized carbons (Fsp3) is 0. The monoisotopic (exact) mass is 288 g/mol. The Morgan fingerprint density at radius 2 is 1.56 bits per heavy atom. The van der Waals surface area contributed by atoms with E-state index in [-0.39, 0.29) is 35.9 Å². The molecule has 96 valence electrons. The second-order valence-corrected chi connectivity index (χ2v) is 3.35. The van der Waals surface area contributed by atoms with Gasteiger partial charge in [-0.2, -0.15) is 0 Å². The van der Waals surface area contributed by atoms with E-state index >= 15 is 0 Å². The highest BCUT2D eigenvalue weighted by Gasteiger charge is 2.10. The maximum atomic E-state index is 10.9. The smallest absolute Gasteiger partial charge is 0.336 e. The summed E-state index contributed by atoms with van der Waals surface area (Å²) in [6, 6.07) is 9.26. The van der Waals surface area contributed by atoms with Gasteiger partial charge in [-0.3, -0.25) is 0 Å². The predicted molar refractivity (Wildman–Crippen MR) is 72.4 cm³/mol. The van der Waals surface area contributed by atoms with Gasteiger partial charge in [-0.25, -0.2) is 9.59 Å². The first-order valence-corrected chi connectivity index (χ1v) is 4.59. The SMILES string of the molecule is Cl.Cl.O=C(O)c1ccc2cccc(C(=O)O)c2c1. The molecule has 0 fully saturated rings. The Kier molecular flexibility index (Phi) is 5.62. The first kappa shape index (κ1) is 16.2. The van der Waals surface area contributed by atoms with Gasteiger partial charge >= 0.3 is 11.9 Å². The maximum absolute atomic E-state index is 10.9. The number of fused-ring (bicyclic) bond motifs is 1. The van der Waals surface area contributed by atoms with Crippen LogP contribution < -0.4 is 0 Å². The van der Waals surface area contributed by atoms with Gasteiger partial charge in [0.1, 0.15) is 0 Å². The van der Waals surface area contributed by atoms with E-state index in [1.807, 2.05) is 0 Å². The third-order valence-corrected chi connectivity index (χ3v) is 2.36. The lowest BCUT2D eigenvalue weighted by Crippen LogP contribution is -2.00. The van der Waals surface area contributed by atoms with Gasteiger partial charge in [0.25, 0.3) is 0 Å². The van der Waals surface area contributed by atoms with Crippen molar-refractivity contribution in [3.05, 3.63) is 47.5 Å². The Hall–Kier alpha value is -1.78. The predicted octanol–water partition coefficient (Wildman–Crippen LogP) is 3.08. The molecule has 18 heavy (non-hydrogen) atoms. The molecular weight excluding hydrogens is 279 g/mol. The van der Waals surface area contributed by atoms with Gasteiger partial charge < -0.3 is 10.2 Å². The van der Waals surface area contributed by atoms with Crippen LogP contribution in [0.2, 0.25) is 0 Å². The van der Waals surface area contributed by atoms with E-state index in [2.05, 4.69) is 0 Å². The number of rotatable bonds is 2. The molecule has 2 rings (SSSR count). The van der Waals surface area contributed by atoms with Crippen LogP contribution in [0.1, 0.15) is 20.7 Å². The molecule has 0 heterocycles. The number of hydrogen-bond donors (Lipinski definition) is 2. The van der Waals surface area contributed by atoms with Crippen molar-refractivity contribution < 1.29 is 19.8 Å². The fourth-order valence-electron chi connectivity index (χ4n) is 1.59. The van der Waals surface area contributed by atoms with Gasteiger partial charge in [-0.1, -0.05) is 18.2 Å². The molecule has 2 aromatic rings. The average Bonchev–Trinajstić information content (AvgIpc) is 2.27.